The van der Waals surface area contributed by atoms with Crippen molar-refractivity contribution < 1.29 is 84.6 Å². The van der Waals surface area contributed by atoms with Crippen LogP contribution in [0.5, 0.6) is 0 Å². The third-order valence-corrected chi connectivity index (χ3v) is 18.8. The molecule has 0 amide bonds. The van der Waals surface area contributed by atoms with Gasteiger partial charge in [-0.25, -0.2) is 0 Å². The lowest BCUT2D eigenvalue weighted by molar-refractivity contribution is -0.378. The van der Waals surface area contributed by atoms with Gasteiger partial charge in [-0.3, -0.25) is 0 Å². The van der Waals surface area contributed by atoms with Crippen LogP contribution in [-0.2, 0) is 28.4 Å². The second kappa shape index (κ2) is 19.3. The third-order valence-electron chi connectivity index (χ3n) is 18.8. The quantitative estimate of drug-likeness (QED) is 0.0908. The van der Waals surface area contributed by atoms with Crippen LogP contribution in [0.15, 0.2) is 11.6 Å². The van der Waals surface area contributed by atoms with E-state index in [0.717, 1.165) is 51.4 Å². The normalized spacial score (nSPS) is 51.9. The van der Waals surface area contributed by atoms with Gasteiger partial charge in [-0.2, -0.15) is 0 Å². The topological polar surface area (TPSA) is 278 Å². The molecule has 0 aromatic carbocycles. The molecule has 7 fully saturated rings. The summed E-state index contributed by atoms with van der Waals surface area (Å²) in [5, 5.41) is 116. The van der Waals surface area contributed by atoms with Gasteiger partial charge in [0.05, 0.1) is 31.5 Å². The van der Waals surface area contributed by atoms with Crippen LogP contribution in [0.1, 0.15) is 120 Å². The molecule has 0 radical (unpaired) electrons. The Bertz CT molecular complexity index is 1640. The Kier molecular flexibility index (Phi) is 15.4. The average Bonchev–Trinajstić information content (AvgIpc) is 3.63. The molecule has 0 aromatic heterocycles. The SMILES string of the molecule is CC(C)=CCC[C@](C)(O[C@@H]1O[C@H](CO)[C@@H](O)[C@H](O)[C@H]1O)C1CC[C@]2(C)C1CCC1[C@@]3(C)CC[C@H](O[C@@H]4O[C@H](CO)[C@@H](O)[C@H](O)[C@H]4O[C@H]4O[C@H](CO)[C@@H](O)[C@H](O)[C@H]4O)C(C)(C)C3CC[C@]12C. The molecule has 0 bridgehead atoms. The fourth-order valence-electron chi connectivity index (χ4n) is 14.9. The van der Waals surface area contributed by atoms with E-state index in [-0.39, 0.29) is 28.1 Å². The highest BCUT2D eigenvalue weighted by Crippen LogP contribution is 2.76. The van der Waals surface area contributed by atoms with Gasteiger partial charge >= 0.3 is 0 Å². The third kappa shape index (κ3) is 8.84. The minimum atomic E-state index is -1.77. The second-order valence-corrected chi connectivity index (χ2v) is 22.8. The van der Waals surface area contributed by atoms with E-state index in [4.69, 9.17) is 28.4 Å². The molecule has 3 saturated heterocycles. The Labute approximate surface area is 384 Å². The number of aliphatic hydroxyl groups excluding tert-OH is 11. The lowest BCUT2D eigenvalue weighted by Gasteiger charge is -2.70. The van der Waals surface area contributed by atoms with Crippen molar-refractivity contribution in [3.63, 3.8) is 0 Å². The van der Waals surface area contributed by atoms with Crippen molar-refractivity contribution in [1.29, 1.82) is 0 Å². The molecule has 17 nitrogen and oxygen atoms in total. The number of rotatable bonds is 13. The highest BCUT2D eigenvalue weighted by molar-refractivity contribution is 5.19. The van der Waals surface area contributed by atoms with Crippen molar-refractivity contribution in [2.24, 2.45) is 45.3 Å². The van der Waals surface area contributed by atoms with Crippen LogP contribution in [0, 0.1) is 45.3 Å². The van der Waals surface area contributed by atoms with Crippen LogP contribution >= 0.6 is 0 Å². The van der Waals surface area contributed by atoms with Crippen LogP contribution < -0.4 is 0 Å². The first-order valence-corrected chi connectivity index (χ1v) is 24.3. The van der Waals surface area contributed by atoms with Gasteiger partial charge in [0.1, 0.15) is 73.2 Å². The first-order valence-electron chi connectivity index (χ1n) is 24.3. The van der Waals surface area contributed by atoms with Gasteiger partial charge < -0.3 is 84.6 Å². The summed E-state index contributed by atoms with van der Waals surface area (Å²) in [6.07, 6.45) is -11.6. The molecule has 4 aliphatic carbocycles. The van der Waals surface area contributed by atoms with Gasteiger partial charge in [0.15, 0.2) is 18.9 Å². The molecule has 4 saturated carbocycles. The highest BCUT2D eigenvalue weighted by atomic mass is 16.8. The Morgan fingerprint density at radius 2 is 1.12 bits per heavy atom. The van der Waals surface area contributed by atoms with Crippen LogP contribution in [-0.4, -0.2) is 180 Å². The molecule has 3 aliphatic heterocycles. The van der Waals surface area contributed by atoms with Crippen LogP contribution in [0.3, 0.4) is 0 Å². The Morgan fingerprint density at radius 3 is 1.71 bits per heavy atom. The van der Waals surface area contributed by atoms with E-state index in [9.17, 15) is 56.2 Å². The Balaban J connectivity index is 1.11. The number of aliphatic hydroxyl groups is 11. The van der Waals surface area contributed by atoms with Gasteiger partial charge in [-0.1, -0.05) is 46.3 Å². The molecular formula is C48H82O17. The number of ether oxygens (including phenoxy) is 6. The summed E-state index contributed by atoms with van der Waals surface area (Å²) in [6, 6.07) is 0. The first kappa shape index (κ1) is 51.9. The maximum absolute atomic E-state index is 11.4. The van der Waals surface area contributed by atoms with E-state index in [1.807, 2.05) is 0 Å². The molecule has 11 N–H and O–H groups in total. The van der Waals surface area contributed by atoms with Crippen molar-refractivity contribution in [2.45, 2.75) is 223 Å². The van der Waals surface area contributed by atoms with Crippen LogP contribution in [0.25, 0.3) is 0 Å². The molecule has 24 atom stereocenters. The van der Waals surface area contributed by atoms with Crippen molar-refractivity contribution in [3.8, 4) is 0 Å². The minimum absolute atomic E-state index is 0.0327. The van der Waals surface area contributed by atoms with E-state index < -0.39 is 129 Å². The summed E-state index contributed by atoms with van der Waals surface area (Å²) in [5.74, 6) is 0.995. The van der Waals surface area contributed by atoms with Crippen LogP contribution in [0.4, 0.5) is 0 Å². The molecule has 0 aromatic rings. The number of hydrogen-bond donors (Lipinski definition) is 11. The summed E-state index contributed by atoms with van der Waals surface area (Å²) in [5.41, 5.74) is -0.159. The standard InChI is InChI=1S/C48H82O17/c1-23(2)10-9-16-48(8,65-42-39(59)36(56)33(53)27(21-50)61-42)25-13-18-46(6)24(25)11-12-30-45(5)17-15-31(44(3,4)29(45)14-19-47(30,46)7)63-43-40(37(57)34(54)28(22-51)62-43)64-41-38(58)35(55)32(52)26(20-49)60-41/h10,24-43,49-59H,9,11-22H2,1-8H3/t24?,25?,26-,27-,28-,29?,30?,31+,32-,33-,34-,35+,36+,37+,38-,39-,40-,41-,42+,43+,45+,46-,47-,48+/m1/s1. The maximum Gasteiger partial charge on any atom is 0.187 e. The van der Waals surface area contributed by atoms with Crippen LogP contribution in [0.2, 0.25) is 0 Å². The maximum atomic E-state index is 11.4. The smallest absolute Gasteiger partial charge is 0.187 e. The van der Waals surface area contributed by atoms with Gasteiger partial charge in [0.2, 0.25) is 0 Å². The second-order valence-electron chi connectivity index (χ2n) is 22.8. The molecule has 0 spiro atoms. The molecule has 3 heterocycles. The molecule has 17 heteroatoms. The fourth-order valence-corrected chi connectivity index (χ4v) is 14.9. The van der Waals surface area contributed by atoms with Crippen molar-refractivity contribution in [1.82, 2.24) is 0 Å². The largest absolute Gasteiger partial charge is 0.394 e. The van der Waals surface area contributed by atoms with E-state index >= 15 is 0 Å². The zero-order valence-corrected chi connectivity index (χ0v) is 39.7. The summed E-state index contributed by atoms with van der Waals surface area (Å²) in [4.78, 5) is 0. The minimum Gasteiger partial charge on any atom is -0.394 e. The van der Waals surface area contributed by atoms with E-state index in [1.165, 1.54) is 5.57 Å². The monoisotopic (exact) mass is 931 g/mol. The van der Waals surface area contributed by atoms with E-state index in [0.29, 0.717) is 24.7 Å². The highest BCUT2D eigenvalue weighted by Gasteiger charge is 2.70. The number of hydrogen-bond acceptors (Lipinski definition) is 17. The molecule has 4 unspecified atom stereocenters. The molecule has 65 heavy (non-hydrogen) atoms. The molecule has 376 valence electrons. The fraction of sp³-hybridized carbons (Fsp3) is 0.958. The molecule has 7 aliphatic rings. The molecular weight excluding hydrogens is 849 g/mol. The van der Waals surface area contributed by atoms with Crippen molar-refractivity contribution in [3.05, 3.63) is 11.6 Å². The zero-order valence-electron chi connectivity index (χ0n) is 39.7. The average molecular weight is 931 g/mol. The Hall–Kier alpha value is -0.940. The summed E-state index contributed by atoms with van der Waals surface area (Å²) in [6.45, 7) is 16.3. The van der Waals surface area contributed by atoms with E-state index in [1.54, 1.807) is 0 Å². The number of allylic oxidation sites excluding steroid dienone is 2. The zero-order chi connectivity index (χ0) is 47.8. The Morgan fingerprint density at radius 1 is 0.585 bits per heavy atom. The van der Waals surface area contributed by atoms with Crippen molar-refractivity contribution >= 4 is 0 Å². The van der Waals surface area contributed by atoms with E-state index in [2.05, 4.69) is 61.5 Å². The molecule has 7 rings (SSSR count). The van der Waals surface area contributed by atoms with Gasteiger partial charge in [0, 0.05) is 0 Å². The van der Waals surface area contributed by atoms with Gasteiger partial charge in [-0.05, 0) is 130 Å². The van der Waals surface area contributed by atoms with Crippen molar-refractivity contribution in [2.75, 3.05) is 19.8 Å². The summed E-state index contributed by atoms with van der Waals surface area (Å²) >= 11 is 0. The summed E-state index contributed by atoms with van der Waals surface area (Å²) in [7, 11) is 0. The lowest BCUT2D eigenvalue weighted by Crippen LogP contribution is -2.67. The summed E-state index contributed by atoms with van der Waals surface area (Å²) < 4.78 is 37.4. The predicted molar refractivity (Wildman–Crippen MR) is 232 cm³/mol. The van der Waals surface area contributed by atoms with Gasteiger partial charge in [0.25, 0.3) is 0 Å². The first-order chi connectivity index (χ1) is 30.4. The predicted octanol–water partition coefficient (Wildman–Crippen LogP) is 1.00. The number of fused-ring (bicyclic) bond motifs is 5. The lowest BCUT2D eigenvalue weighted by atomic mass is 9.35. The van der Waals surface area contributed by atoms with Gasteiger partial charge in [-0.15, -0.1) is 0 Å².